The summed E-state index contributed by atoms with van der Waals surface area (Å²) in [5.41, 5.74) is 0.910. The number of methoxy groups -OCH3 is 1. The fourth-order valence-electron chi connectivity index (χ4n) is 2.61. The van der Waals surface area contributed by atoms with E-state index in [-0.39, 0.29) is 5.75 Å². The zero-order chi connectivity index (χ0) is 15.3. The van der Waals surface area contributed by atoms with Crippen molar-refractivity contribution < 1.29 is 19.4 Å². The molecule has 0 aliphatic rings. The Morgan fingerprint density at radius 2 is 1.71 bits per heavy atom. The molecule has 0 fully saturated rings. The average Bonchev–Trinajstić information content (AvgIpc) is 2.51. The molecule has 4 nitrogen and oxygen atoms in total. The topological polar surface area (TPSA) is 55.8 Å². The summed E-state index contributed by atoms with van der Waals surface area (Å²) in [7, 11) is 1.62. The van der Waals surface area contributed by atoms with Crippen molar-refractivity contribution in [2.24, 2.45) is 0 Å². The van der Waals surface area contributed by atoms with Gasteiger partial charge in [-0.3, -0.25) is 0 Å². The molecule has 0 aromatic heterocycles. The Labute approximate surface area is 123 Å². The van der Waals surface area contributed by atoms with Crippen LogP contribution in [0.3, 0.4) is 0 Å². The highest BCUT2D eigenvalue weighted by atomic mass is 16.7. The molecule has 0 spiro atoms. The van der Waals surface area contributed by atoms with Crippen molar-refractivity contribution in [2.45, 2.75) is 18.9 Å². The van der Waals surface area contributed by atoms with Crippen molar-refractivity contribution in [3.05, 3.63) is 65.7 Å². The van der Waals surface area contributed by atoms with Crippen LogP contribution >= 0.6 is 0 Å². The van der Waals surface area contributed by atoms with Crippen LogP contribution in [0.25, 0.3) is 0 Å². The molecule has 2 aromatic rings. The van der Waals surface area contributed by atoms with Crippen LogP contribution in [0.1, 0.15) is 24.5 Å². The summed E-state index contributed by atoms with van der Waals surface area (Å²) < 4.78 is 10.7. The summed E-state index contributed by atoms with van der Waals surface area (Å²) in [6, 6.07) is 16.8. The number of hydrogen-bond acceptors (Lipinski definition) is 3. The molecule has 0 saturated heterocycles. The molecule has 0 heterocycles. The Morgan fingerprint density at radius 1 is 1.10 bits per heavy atom. The summed E-state index contributed by atoms with van der Waals surface area (Å²) >= 11 is 0. The van der Waals surface area contributed by atoms with Gasteiger partial charge < -0.3 is 14.6 Å². The predicted molar refractivity (Wildman–Crippen MR) is 79.6 cm³/mol. The number of rotatable bonds is 5. The maximum Gasteiger partial charge on any atom is 0.511 e. The minimum atomic E-state index is -1.34. The molecule has 0 aliphatic carbocycles. The molecule has 0 bridgehead atoms. The normalized spacial score (nSPS) is 13.4. The molecule has 1 atom stereocenters. The second kappa shape index (κ2) is 6.41. The van der Waals surface area contributed by atoms with Gasteiger partial charge in [-0.25, -0.2) is 4.79 Å². The van der Waals surface area contributed by atoms with Crippen molar-refractivity contribution in [3.63, 3.8) is 0 Å². The number of para-hydroxylation sites is 1. The third kappa shape index (κ3) is 2.90. The number of carbonyl (C=O) groups is 1. The molecule has 2 aromatic carbocycles. The molecule has 21 heavy (non-hydrogen) atoms. The molecule has 0 amide bonds. The van der Waals surface area contributed by atoms with Crippen molar-refractivity contribution >= 4 is 6.16 Å². The Morgan fingerprint density at radius 3 is 2.29 bits per heavy atom. The summed E-state index contributed by atoms with van der Waals surface area (Å²) in [6.45, 7) is 1.99. The number of carboxylic acid groups (broad SMARTS) is 1. The molecule has 0 radical (unpaired) electrons. The standard InChI is InChI=1S/C17H18O4/c1-3-17(20-2,13-9-5-4-6-10-13)14-11-7-8-12-15(14)21-16(18)19/h4-12H,3H2,1-2H3,(H,18,19). The fraction of sp³-hybridized carbons (Fsp3) is 0.235. The van der Waals surface area contributed by atoms with Gasteiger partial charge in [-0.15, -0.1) is 0 Å². The van der Waals surface area contributed by atoms with Crippen molar-refractivity contribution in [1.82, 2.24) is 0 Å². The van der Waals surface area contributed by atoms with Crippen molar-refractivity contribution in [2.75, 3.05) is 7.11 Å². The zero-order valence-electron chi connectivity index (χ0n) is 12.1. The van der Waals surface area contributed by atoms with Crippen LogP contribution in [0.5, 0.6) is 5.75 Å². The smallest absolute Gasteiger partial charge is 0.449 e. The minimum Gasteiger partial charge on any atom is -0.449 e. The first-order valence-corrected chi connectivity index (χ1v) is 6.75. The van der Waals surface area contributed by atoms with E-state index in [0.29, 0.717) is 12.0 Å². The Balaban J connectivity index is 2.61. The third-order valence-electron chi connectivity index (χ3n) is 3.61. The first-order chi connectivity index (χ1) is 10.1. The van der Waals surface area contributed by atoms with Crippen molar-refractivity contribution in [1.29, 1.82) is 0 Å². The Bertz CT molecular complexity index is 603. The van der Waals surface area contributed by atoms with Crippen molar-refractivity contribution in [3.8, 4) is 5.75 Å². The van der Waals surface area contributed by atoms with Gasteiger partial charge in [0, 0.05) is 12.7 Å². The van der Waals surface area contributed by atoms with E-state index >= 15 is 0 Å². The van der Waals surface area contributed by atoms with Gasteiger partial charge in [-0.1, -0.05) is 55.5 Å². The molecule has 0 saturated carbocycles. The number of ether oxygens (including phenoxy) is 2. The average molecular weight is 286 g/mol. The summed E-state index contributed by atoms with van der Waals surface area (Å²) in [6.07, 6.45) is -0.690. The van der Waals surface area contributed by atoms with Gasteiger partial charge in [0.15, 0.2) is 0 Å². The van der Waals surface area contributed by atoms with E-state index in [1.165, 1.54) is 0 Å². The Kier molecular flexibility index (Phi) is 4.60. The summed E-state index contributed by atoms with van der Waals surface area (Å²) in [4.78, 5) is 10.9. The van der Waals surface area contributed by atoms with Crippen LogP contribution in [-0.2, 0) is 10.3 Å². The lowest BCUT2D eigenvalue weighted by atomic mass is 9.83. The van der Waals surface area contributed by atoms with Crippen LogP contribution in [0, 0.1) is 0 Å². The molecule has 110 valence electrons. The third-order valence-corrected chi connectivity index (χ3v) is 3.61. The van der Waals surface area contributed by atoms with Gasteiger partial charge >= 0.3 is 6.16 Å². The van der Waals surface area contributed by atoms with Crippen LogP contribution in [0.15, 0.2) is 54.6 Å². The molecule has 1 unspecified atom stereocenters. The monoisotopic (exact) mass is 286 g/mol. The molecular weight excluding hydrogens is 268 g/mol. The van der Waals surface area contributed by atoms with Gasteiger partial charge in [0.1, 0.15) is 11.4 Å². The van der Waals surface area contributed by atoms with E-state index in [2.05, 4.69) is 0 Å². The van der Waals surface area contributed by atoms with Gasteiger partial charge in [0.25, 0.3) is 0 Å². The van der Waals surface area contributed by atoms with E-state index in [9.17, 15) is 4.79 Å². The SMILES string of the molecule is CCC(OC)(c1ccccc1)c1ccccc1OC(=O)O. The van der Waals surface area contributed by atoms with Gasteiger partial charge in [0.05, 0.1) is 0 Å². The van der Waals surface area contributed by atoms with E-state index in [1.807, 2.05) is 49.4 Å². The number of benzene rings is 2. The maximum absolute atomic E-state index is 10.9. The predicted octanol–water partition coefficient (Wildman–Crippen LogP) is 4.04. The van der Waals surface area contributed by atoms with E-state index < -0.39 is 11.8 Å². The highest BCUT2D eigenvalue weighted by Crippen LogP contribution is 2.41. The second-order valence-corrected chi connectivity index (χ2v) is 4.61. The molecule has 2 rings (SSSR count). The molecule has 4 heteroatoms. The highest BCUT2D eigenvalue weighted by molar-refractivity contribution is 5.63. The maximum atomic E-state index is 10.9. The fourth-order valence-corrected chi connectivity index (χ4v) is 2.61. The van der Waals surface area contributed by atoms with Crippen LogP contribution in [0.4, 0.5) is 4.79 Å². The van der Waals surface area contributed by atoms with Crippen LogP contribution in [-0.4, -0.2) is 18.4 Å². The first kappa shape index (κ1) is 15.1. The molecule has 0 aliphatic heterocycles. The van der Waals surface area contributed by atoms with Crippen LogP contribution in [0.2, 0.25) is 0 Å². The zero-order valence-corrected chi connectivity index (χ0v) is 12.1. The van der Waals surface area contributed by atoms with Crippen LogP contribution < -0.4 is 4.74 Å². The van der Waals surface area contributed by atoms with Gasteiger partial charge in [-0.05, 0) is 18.1 Å². The summed E-state index contributed by atoms with van der Waals surface area (Å²) in [5, 5.41) is 8.91. The van der Waals surface area contributed by atoms with E-state index in [4.69, 9.17) is 14.6 Å². The number of hydrogen-bond donors (Lipinski definition) is 1. The van der Waals surface area contributed by atoms with E-state index in [0.717, 1.165) is 5.56 Å². The van der Waals surface area contributed by atoms with Gasteiger partial charge in [-0.2, -0.15) is 0 Å². The largest absolute Gasteiger partial charge is 0.511 e. The lowest BCUT2D eigenvalue weighted by Gasteiger charge is -2.33. The first-order valence-electron chi connectivity index (χ1n) is 6.75. The lowest BCUT2D eigenvalue weighted by Crippen LogP contribution is -2.30. The molecular formula is C17H18O4. The molecule has 1 N–H and O–H groups in total. The quantitative estimate of drug-likeness (QED) is 0.665. The second-order valence-electron chi connectivity index (χ2n) is 4.61. The minimum absolute atomic E-state index is 0.289. The van der Waals surface area contributed by atoms with E-state index in [1.54, 1.807) is 19.2 Å². The highest BCUT2D eigenvalue weighted by Gasteiger charge is 2.35. The summed E-state index contributed by atoms with van der Waals surface area (Å²) in [5.74, 6) is 0.289. The lowest BCUT2D eigenvalue weighted by molar-refractivity contribution is 0.0165. The Hall–Kier alpha value is -2.33. The van der Waals surface area contributed by atoms with Gasteiger partial charge in [0.2, 0.25) is 0 Å².